The molecule has 1 rings (SSSR count). The van der Waals surface area contributed by atoms with Crippen molar-refractivity contribution in [2.75, 3.05) is 20.3 Å². The molecule has 0 bridgehead atoms. The minimum atomic E-state index is -1.13. The molecule has 12 heavy (non-hydrogen) atoms. The second-order valence-electron chi connectivity index (χ2n) is 2.88. The molecule has 0 aromatic carbocycles. The zero-order valence-corrected chi connectivity index (χ0v) is 6.93. The maximum absolute atomic E-state index is 9.31. The lowest BCUT2D eigenvalue weighted by Crippen LogP contribution is -2.36. The number of hydrogen-bond acceptors (Lipinski definition) is 5. The molecule has 1 heterocycles. The smallest absolute Gasteiger partial charge is 0.194 e. The second-order valence-corrected chi connectivity index (χ2v) is 2.88. The monoisotopic (exact) mass is 178 g/mol. The van der Waals surface area contributed by atoms with E-state index >= 15 is 0 Å². The highest BCUT2D eigenvalue weighted by molar-refractivity contribution is 4.87. The number of aliphatic hydroxyl groups is 3. The lowest BCUT2D eigenvalue weighted by Gasteiger charge is -2.24. The summed E-state index contributed by atoms with van der Waals surface area (Å²) in [6, 6.07) is 0. The van der Waals surface area contributed by atoms with Crippen LogP contribution in [0.5, 0.6) is 0 Å². The first-order chi connectivity index (χ1) is 5.67. The quantitative estimate of drug-likeness (QED) is 0.488. The van der Waals surface area contributed by atoms with Gasteiger partial charge in [-0.1, -0.05) is 0 Å². The third-order valence-corrected chi connectivity index (χ3v) is 2.11. The van der Waals surface area contributed by atoms with Gasteiger partial charge < -0.3 is 24.8 Å². The molecule has 1 saturated heterocycles. The van der Waals surface area contributed by atoms with E-state index in [1.54, 1.807) is 0 Å². The Hall–Kier alpha value is -0.200. The first-order valence-corrected chi connectivity index (χ1v) is 3.80. The van der Waals surface area contributed by atoms with Gasteiger partial charge in [0.15, 0.2) is 5.79 Å². The molecule has 1 aliphatic heterocycles. The van der Waals surface area contributed by atoms with E-state index in [1.807, 2.05) is 0 Å². The topological polar surface area (TPSA) is 79.2 Å². The van der Waals surface area contributed by atoms with E-state index in [4.69, 9.17) is 19.7 Å². The van der Waals surface area contributed by atoms with E-state index in [-0.39, 0.29) is 19.6 Å². The van der Waals surface area contributed by atoms with Crippen molar-refractivity contribution in [1.82, 2.24) is 0 Å². The van der Waals surface area contributed by atoms with Gasteiger partial charge >= 0.3 is 0 Å². The molecule has 5 nitrogen and oxygen atoms in total. The summed E-state index contributed by atoms with van der Waals surface area (Å²) in [5.74, 6) is -1.13. The van der Waals surface area contributed by atoms with E-state index < -0.39 is 18.0 Å². The summed E-state index contributed by atoms with van der Waals surface area (Å²) in [5, 5.41) is 27.0. The Labute approximate surface area is 70.5 Å². The molecule has 1 unspecified atom stereocenters. The highest BCUT2D eigenvalue weighted by atomic mass is 16.7. The summed E-state index contributed by atoms with van der Waals surface area (Å²) in [6.07, 6.45) is -1.25. The molecule has 0 spiro atoms. The van der Waals surface area contributed by atoms with E-state index in [0.717, 1.165) is 0 Å². The molecule has 0 amide bonds. The van der Waals surface area contributed by atoms with Gasteiger partial charge in [-0.25, -0.2) is 0 Å². The minimum absolute atomic E-state index is 0.186. The summed E-state index contributed by atoms with van der Waals surface area (Å²) < 4.78 is 10.0. The molecule has 0 aliphatic carbocycles. The molecule has 1 fully saturated rings. The molecule has 0 saturated carbocycles. The van der Waals surface area contributed by atoms with Crippen molar-refractivity contribution in [2.45, 2.75) is 24.4 Å². The predicted octanol–water partition coefficient (Wildman–Crippen LogP) is -1.54. The van der Waals surface area contributed by atoms with Gasteiger partial charge in [0, 0.05) is 13.5 Å². The predicted molar refractivity (Wildman–Crippen MR) is 39.4 cm³/mol. The van der Waals surface area contributed by atoms with Crippen LogP contribution in [0, 0.1) is 0 Å². The van der Waals surface area contributed by atoms with Crippen LogP contribution in [0.25, 0.3) is 0 Å². The Kier molecular flexibility index (Phi) is 3.03. The summed E-state index contributed by atoms with van der Waals surface area (Å²) in [4.78, 5) is 0. The molecular formula is C7H14O5. The highest BCUT2D eigenvalue weighted by Gasteiger charge is 2.45. The van der Waals surface area contributed by atoms with Gasteiger partial charge in [0.1, 0.15) is 6.10 Å². The molecule has 72 valence electrons. The zero-order chi connectivity index (χ0) is 9.19. The van der Waals surface area contributed by atoms with Crippen LogP contribution in [0.1, 0.15) is 6.42 Å². The van der Waals surface area contributed by atoms with Gasteiger partial charge in [0.25, 0.3) is 0 Å². The van der Waals surface area contributed by atoms with Crippen LogP contribution in [-0.2, 0) is 9.47 Å². The van der Waals surface area contributed by atoms with E-state index in [2.05, 4.69) is 0 Å². The summed E-state index contributed by atoms with van der Waals surface area (Å²) in [6.45, 7) is -0.594. The fourth-order valence-corrected chi connectivity index (χ4v) is 1.31. The van der Waals surface area contributed by atoms with Crippen molar-refractivity contribution in [3.63, 3.8) is 0 Å². The number of rotatable bonds is 3. The Bertz CT molecular complexity index is 145. The van der Waals surface area contributed by atoms with Gasteiger partial charge in [-0.15, -0.1) is 0 Å². The second kappa shape index (κ2) is 3.68. The molecular weight excluding hydrogens is 164 g/mol. The van der Waals surface area contributed by atoms with Crippen LogP contribution in [0.4, 0.5) is 0 Å². The highest BCUT2D eigenvalue weighted by Crippen LogP contribution is 2.30. The third kappa shape index (κ3) is 1.60. The Morgan fingerprint density at radius 1 is 1.58 bits per heavy atom. The fraction of sp³-hybridized carbons (Fsp3) is 1.00. The van der Waals surface area contributed by atoms with Crippen molar-refractivity contribution >= 4 is 0 Å². The Morgan fingerprint density at radius 2 is 2.25 bits per heavy atom. The van der Waals surface area contributed by atoms with Crippen LogP contribution in [0.2, 0.25) is 0 Å². The van der Waals surface area contributed by atoms with Crippen molar-refractivity contribution in [1.29, 1.82) is 0 Å². The van der Waals surface area contributed by atoms with Gasteiger partial charge in [0.05, 0.1) is 19.3 Å². The van der Waals surface area contributed by atoms with Gasteiger partial charge in [-0.3, -0.25) is 0 Å². The maximum Gasteiger partial charge on any atom is 0.194 e. The van der Waals surface area contributed by atoms with E-state index in [9.17, 15) is 5.11 Å². The molecule has 3 N–H and O–H groups in total. The molecule has 0 aromatic heterocycles. The van der Waals surface area contributed by atoms with E-state index in [0.29, 0.717) is 0 Å². The molecule has 0 radical (unpaired) electrons. The van der Waals surface area contributed by atoms with Gasteiger partial charge in [0.2, 0.25) is 0 Å². The van der Waals surface area contributed by atoms with Crippen molar-refractivity contribution in [2.24, 2.45) is 0 Å². The molecule has 5 heteroatoms. The normalized spacial score (nSPS) is 42.0. The SMILES string of the molecule is COC1(CO)C[C@H](O)[C@@H](CO)O1. The Balaban J connectivity index is 2.61. The van der Waals surface area contributed by atoms with E-state index in [1.165, 1.54) is 7.11 Å². The molecule has 3 atom stereocenters. The number of methoxy groups -OCH3 is 1. The lowest BCUT2D eigenvalue weighted by molar-refractivity contribution is -0.234. The van der Waals surface area contributed by atoms with Crippen LogP contribution < -0.4 is 0 Å². The van der Waals surface area contributed by atoms with Gasteiger partial charge in [-0.05, 0) is 0 Å². The average Bonchev–Trinajstić information content (AvgIpc) is 2.43. The lowest BCUT2D eigenvalue weighted by atomic mass is 10.1. The minimum Gasteiger partial charge on any atom is -0.394 e. The van der Waals surface area contributed by atoms with Crippen molar-refractivity contribution in [3.8, 4) is 0 Å². The average molecular weight is 178 g/mol. The number of aliphatic hydroxyl groups excluding tert-OH is 3. The maximum atomic E-state index is 9.31. The zero-order valence-electron chi connectivity index (χ0n) is 6.93. The third-order valence-electron chi connectivity index (χ3n) is 2.11. The molecule has 0 aromatic rings. The van der Waals surface area contributed by atoms with Crippen LogP contribution in [0.15, 0.2) is 0 Å². The standard InChI is InChI=1S/C7H14O5/c1-11-7(4-9)2-5(10)6(3-8)12-7/h5-6,8-10H,2-4H2,1H3/t5-,6+,7?/m0/s1. The largest absolute Gasteiger partial charge is 0.394 e. The van der Waals surface area contributed by atoms with Crippen LogP contribution in [0.3, 0.4) is 0 Å². The first kappa shape index (κ1) is 9.88. The summed E-state index contributed by atoms with van der Waals surface area (Å²) in [7, 11) is 1.39. The van der Waals surface area contributed by atoms with Crippen molar-refractivity contribution < 1.29 is 24.8 Å². The van der Waals surface area contributed by atoms with Crippen LogP contribution in [-0.4, -0.2) is 53.6 Å². The number of ether oxygens (including phenoxy) is 2. The Morgan fingerprint density at radius 3 is 2.50 bits per heavy atom. The summed E-state index contributed by atoms with van der Waals surface area (Å²) in [5.41, 5.74) is 0. The number of hydrogen-bond donors (Lipinski definition) is 3. The summed E-state index contributed by atoms with van der Waals surface area (Å²) >= 11 is 0. The van der Waals surface area contributed by atoms with Crippen LogP contribution >= 0.6 is 0 Å². The van der Waals surface area contributed by atoms with Crippen molar-refractivity contribution in [3.05, 3.63) is 0 Å². The first-order valence-electron chi connectivity index (χ1n) is 3.80. The fourth-order valence-electron chi connectivity index (χ4n) is 1.31. The molecule has 1 aliphatic rings. The van der Waals surface area contributed by atoms with Gasteiger partial charge in [-0.2, -0.15) is 0 Å².